The lowest BCUT2D eigenvalue weighted by Gasteiger charge is -2.49. The van der Waals surface area contributed by atoms with Crippen molar-refractivity contribution in [1.82, 2.24) is 4.90 Å². The molecule has 32 heavy (non-hydrogen) atoms. The van der Waals surface area contributed by atoms with Gasteiger partial charge in [-0.15, -0.1) is 0 Å². The highest BCUT2D eigenvalue weighted by Crippen LogP contribution is 2.43. The van der Waals surface area contributed by atoms with Crippen LogP contribution in [0.5, 0.6) is 0 Å². The summed E-state index contributed by atoms with van der Waals surface area (Å²) in [5.74, 6) is -0.472. The molecule has 5 heteroatoms. The summed E-state index contributed by atoms with van der Waals surface area (Å²) in [5.41, 5.74) is 3.48. The number of nitrogens with zero attached hydrogens (tertiary/aromatic N) is 2. The maximum Gasteiger partial charge on any atom is 0.126 e. The molecule has 0 spiro atoms. The molecule has 0 saturated carbocycles. The van der Waals surface area contributed by atoms with E-state index in [1.54, 1.807) is 6.07 Å². The van der Waals surface area contributed by atoms with E-state index in [0.717, 1.165) is 35.8 Å². The van der Waals surface area contributed by atoms with Gasteiger partial charge in [-0.3, -0.25) is 4.90 Å². The monoisotopic (exact) mass is 450 g/mol. The fourth-order valence-corrected chi connectivity index (χ4v) is 5.12. The Kier molecular flexibility index (Phi) is 6.60. The maximum absolute atomic E-state index is 13.9. The van der Waals surface area contributed by atoms with Gasteiger partial charge in [0.1, 0.15) is 11.6 Å². The highest BCUT2D eigenvalue weighted by Gasteiger charge is 2.40. The van der Waals surface area contributed by atoms with Gasteiger partial charge >= 0.3 is 0 Å². The van der Waals surface area contributed by atoms with Crippen molar-refractivity contribution in [2.75, 3.05) is 13.1 Å². The molecule has 0 bridgehead atoms. The molecule has 0 aliphatic carbocycles. The van der Waals surface area contributed by atoms with Gasteiger partial charge in [0, 0.05) is 24.2 Å². The van der Waals surface area contributed by atoms with Gasteiger partial charge in [-0.2, -0.15) is 5.26 Å². The van der Waals surface area contributed by atoms with Gasteiger partial charge in [-0.1, -0.05) is 49.7 Å². The molecule has 2 atom stereocenters. The minimum Gasteiger partial charge on any atom is -0.292 e. The molecule has 2 unspecified atom stereocenters. The van der Waals surface area contributed by atoms with Gasteiger partial charge in [0.05, 0.1) is 17.7 Å². The lowest BCUT2D eigenvalue weighted by atomic mass is 9.73. The summed E-state index contributed by atoms with van der Waals surface area (Å²) in [6.07, 6.45) is 0. The van der Waals surface area contributed by atoms with Crippen LogP contribution in [0.4, 0.5) is 8.78 Å². The lowest BCUT2D eigenvalue weighted by Crippen LogP contribution is -2.51. The number of benzene rings is 3. The molecule has 0 N–H and O–H groups in total. The second kappa shape index (κ2) is 9.40. The molecule has 0 aromatic heterocycles. The van der Waals surface area contributed by atoms with E-state index in [1.807, 2.05) is 42.5 Å². The van der Waals surface area contributed by atoms with Crippen LogP contribution in [-0.4, -0.2) is 18.0 Å². The topological polar surface area (TPSA) is 27.0 Å². The second-order valence-electron chi connectivity index (χ2n) is 8.88. The largest absolute Gasteiger partial charge is 0.292 e. The van der Waals surface area contributed by atoms with Crippen molar-refractivity contribution in [1.29, 1.82) is 5.26 Å². The van der Waals surface area contributed by atoms with Crippen LogP contribution in [0, 0.1) is 34.8 Å². The fraction of sp³-hybridized carbons (Fsp3) is 0.296. The Balaban J connectivity index is 1.63. The van der Waals surface area contributed by atoms with Crippen molar-refractivity contribution >= 4 is 11.6 Å². The molecule has 3 aromatic carbocycles. The number of rotatable bonds is 6. The first kappa shape index (κ1) is 22.5. The molecule has 3 aromatic rings. The van der Waals surface area contributed by atoms with E-state index < -0.39 is 11.6 Å². The molecule has 2 nitrogen and oxygen atoms in total. The van der Waals surface area contributed by atoms with E-state index in [9.17, 15) is 14.0 Å². The first-order valence-corrected chi connectivity index (χ1v) is 11.2. The standard InChI is InChI=1S/C27H25ClF2N2/c1-17(2)26(21-11-24(29)13-25(30)12-21)22-15-32(16-22)27(19-6-8-23(28)9-7-19)20-5-3-4-18(10-20)14-31/h3-13,17,22,26-27H,15-16H2,1-2H3. The van der Waals surface area contributed by atoms with Crippen molar-refractivity contribution in [3.05, 3.63) is 106 Å². The summed E-state index contributed by atoms with van der Waals surface area (Å²) >= 11 is 6.11. The quantitative estimate of drug-likeness (QED) is 0.406. The molecule has 1 fully saturated rings. The predicted octanol–water partition coefficient (Wildman–Crippen LogP) is 6.95. The van der Waals surface area contributed by atoms with E-state index in [4.69, 9.17) is 11.6 Å². The summed E-state index contributed by atoms with van der Waals surface area (Å²) in [5, 5.41) is 10.0. The smallest absolute Gasteiger partial charge is 0.126 e. The van der Waals surface area contributed by atoms with Gasteiger partial charge in [0.15, 0.2) is 0 Å². The van der Waals surface area contributed by atoms with Crippen LogP contribution in [0.1, 0.15) is 48.1 Å². The van der Waals surface area contributed by atoms with Crippen LogP contribution < -0.4 is 0 Å². The lowest BCUT2D eigenvalue weighted by molar-refractivity contribution is 0.0411. The van der Waals surface area contributed by atoms with E-state index in [-0.39, 0.29) is 23.8 Å². The van der Waals surface area contributed by atoms with Crippen LogP contribution >= 0.6 is 11.6 Å². The summed E-state index contributed by atoms with van der Waals surface area (Å²) in [4.78, 5) is 2.36. The summed E-state index contributed by atoms with van der Waals surface area (Å²) in [7, 11) is 0. The zero-order valence-electron chi connectivity index (χ0n) is 18.1. The van der Waals surface area contributed by atoms with Crippen molar-refractivity contribution in [3.63, 3.8) is 0 Å². The predicted molar refractivity (Wildman–Crippen MR) is 123 cm³/mol. The number of nitriles is 1. The zero-order chi connectivity index (χ0) is 22.8. The Bertz CT molecular complexity index is 1110. The Morgan fingerprint density at radius 3 is 2.16 bits per heavy atom. The molecule has 1 aliphatic rings. The highest BCUT2D eigenvalue weighted by atomic mass is 35.5. The third kappa shape index (κ3) is 4.70. The molecule has 164 valence electrons. The average Bonchev–Trinajstić information content (AvgIpc) is 2.72. The van der Waals surface area contributed by atoms with Crippen LogP contribution in [0.2, 0.25) is 5.02 Å². The first-order chi connectivity index (χ1) is 15.4. The maximum atomic E-state index is 13.9. The molecule has 1 aliphatic heterocycles. The second-order valence-corrected chi connectivity index (χ2v) is 9.31. The number of halogens is 3. The minimum absolute atomic E-state index is 0.0196. The normalized spacial score (nSPS) is 16.4. The third-order valence-electron chi connectivity index (χ3n) is 6.32. The van der Waals surface area contributed by atoms with E-state index in [2.05, 4.69) is 24.8 Å². The number of hydrogen-bond donors (Lipinski definition) is 0. The van der Waals surface area contributed by atoms with Crippen LogP contribution in [0.3, 0.4) is 0 Å². The molecular weight excluding hydrogens is 426 g/mol. The fourth-order valence-electron chi connectivity index (χ4n) is 4.99. The van der Waals surface area contributed by atoms with E-state index in [1.165, 1.54) is 12.1 Å². The van der Waals surface area contributed by atoms with Crippen LogP contribution in [0.25, 0.3) is 0 Å². The van der Waals surface area contributed by atoms with Gasteiger partial charge < -0.3 is 0 Å². The van der Waals surface area contributed by atoms with Crippen LogP contribution in [-0.2, 0) is 0 Å². The zero-order valence-corrected chi connectivity index (χ0v) is 18.9. The summed E-state index contributed by atoms with van der Waals surface area (Å²) < 4.78 is 27.8. The Morgan fingerprint density at radius 2 is 1.56 bits per heavy atom. The van der Waals surface area contributed by atoms with Crippen molar-refractivity contribution in [3.8, 4) is 6.07 Å². The summed E-state index contributed by atoms with van der Waals surface area (Å²) in [6, 6.07) is 21.5. The van der Waals surface area contributed by atoms with Crippen molar-refractivity contribution < 1.29 is 8.78 Å². The van der Waals surface area contributed by atoms with E-state index >= 15 is 0 Å². The summed E-state index contributed by atoms with van der Waals surface area (Å²) in [6.45, 7) is 5.79. The third-order valence-corrected chi connectivity index (χ3v) is 6.57. The minimum atomic E-state index is -0.533. The molecule has 0 amide bonds. The molecule has 4 rings (SSSR count). The molecule has 1 saturated heterocycles. The number of hydrogen-bond acceptors (Lipinski definition) is 2. The highest BCUT2D eigenvalue weighted by molar-refractivity contribution is 6.30. The Morgan fingerprint density at radius 1 is 0.906 bits per heavy atom. The van der Waals surface area contributed by atoms with Gasteiger partial charge in [-0.05, 0) is 70.8 Å². The average molecular weight is 451 g/mol. The van der Waals surface area contributed by atoms with Crippen molar-refractivity contribution in [2.45, 2.75) is 25.8 Å². The van der Waals surface area contributed by atoms with Gasteiger partial charge in [-0.25, -0.2) is 8.78 Å². The van der Waals surface area contributed by atoms with Crippen LogP contribution in [0.15, 0.2) is 66.7 Å². The van der Waals surface area contributed by atoms with E-state index in [0.29, 0.717) is 10.6 Å². The number of likely N-dealkylation sites (tertiary alicyclic amines) is 1. The SMILES string of the molecule is CC(C)C(c1cc(F)cc(F)c1)C1CN(C(c2ccc(Cl)cc2)c2cccc(C#N)c2)C1. The molecular formula is C27H25ClF2N2. The Labute approximate surface area is 193 Å². The van der Waals surface area contributed by atoms with Gasteiger partial charge in [0.2, 0.25) is 0 Å². The van der Waals surface area contributed by atoms with Crippen molar-refractivity contribution in [2.24, 2.45) is 11.8 Å². The first-order valence-electron chi connectivity index (χ1n) is 10.8. The molecule has 0 radical (unpaired) electrons. The molecule has 1 heterocycles. The van der Waals surface area contributed by atoms with Gasteiger partial charge in [0.25, 0.3) is 0 Å². The Hall–Kier alpha value is -2.74.